The van der Waals surface area contributed by atoms with Crippen molar-refractivity contribution in [1.29, 1.82) is 0 Å². The highest BCUT2D eigenvalue weighted by molar-refractivity contribution is 8.25. The van der Waals surface area contributed by atoms with Crippen molar-refractivity contribution in [2.45, 2.75) is 13.0 Å². The number of thioether (sulfide) groups is 2. The van der Waals surface area contributed by atoms with Crippen LogP contribution in [0.15, 0.2) is 34.1 Å². The van der Waals surface area contributed by atoms with Crippen molar-refractivity contribution in [2.75, 3.05) is 11.5 Å². The van der Waals surface area contributed by atoms with Gasteiger partial charge in [0.2, 0.25) is 0 Å². The van der Waals surface area contributed by atoms with Crippen molar-refractivity contribution < 1.29 is 14.8 Å². The summed E-state index contributed by atoms with van der Waals surface area (Å²) in [5, 5.41) is 21.0. The van der Waals surface area contributed by atoms with Crippen molar-refractivity contribution in [2.24, 2.45) is 0 Å². The number of carbonyl (C=O) groups is 1. The number of non-ortho nitro benzene ring substituents is 1. The molecule has 1 fully saturated rings. The zero-order valence-electron chi connectivity index (χ0n) is 10.7. The lowest BCUT2D eigenvalue weighted by Crippen LogP contribution is -2.10. The highest BCUT2D eigenvalue weighted by Gasteiger charge is 2.25. The van der Waals surface area contributed by atoms with Crippen molar-refractivity contribution in [1.82, 2.24) is 0 Å². The van der Waals surface area contributed by atoms with Gasteiger partial charge < -0.3 is 5.11 Å². The molecule has 0 amide bonds. The Morgan fingerprint density at radius 3 is 2.30 bits per heavy atom. The van der Waals surface area contributed by atoms with Gasteiger partial charge in [-0.3, -0.25) is 14.9 Å². The lowest BCUT2D eigenvalue weighted by molar-refractivity contribution is -0.384. The molecule has 1 saturated heterocycles. The molecule has 2 rings (SSSR count). The molecule has 5 nitrogen and oxygen atoms in total. The number of rotatable bonds is 4. The van der Waals surface area contributed by atoms with E-state index in [1.165, 1.54) is 31.2 Å². The minimum atomic E-state index is -1.04. The molecule has 1 N–H and O–H groups in total. The molecule has 0 radical (unpaired) electrons. The molecule has 0 saturated carbocycles. The van der Waals surface area contributed by atoms with Gasteiger partial charge in [0.1, 0.15) is 6.10 Å². The summed E-state index contributed by atoms with van der Waals surface area (Å²) in [6.45, 7) is 1.43. The number of aliphatic hydroxyl groups is 1. The number of benzene rings is 1. The van der Waals surface area contributed by atoms with Crippen molar-refractivity contribution in [3.8, 4) is 0 Å². The standard InChI is InChI=1S/C13H13NO4S2/c1-8(15)11(13-19-6-7-20-13)12(16)9-2-4-10(5-3-9)14(17)18/h2-5,12,16H,6-7H2,1H3. The van der Waals surface area contributed by atoms with E-state index in [1.54, 1.807) is 23.5 Å². The molecular formula is C13H13NO4S2. The molecule has 1 aliphatic heterocycles. The molecule has 0 spiro atoms. The normalized spacial score (nSPS) is 16.0. The van der Waals surface area contributed by atoms with Crippen LogP contribution in [0.2, 0.25) is 0 Å². The summed E-state index contributed by atoms with van der Waals surface area (Å²) in [4.78, 5) is 21.9. The monoisotopic (exact) mass is 311 g/mol. The Hall–Kier alpha value is -1.31. The second kappa shape index (κ2) is 6.43. The van der Waals surface area contributed by atoms with Gasteiger partial charge in [-0.25, -0.2) is 0 Å². The zero-order chi connectivity index (χ0) is 14.7. The first-order valence-electron chi connectivity index (χ1n) is 5.94. The maximum atomic E-state index is 11.8. The van der Waals surface area contributed by atoms with Gasteiger partial charge in [-0.05, 0) is 24.6 Å². The Labute approximate surface area is 124 Å². The minimum absolute atomic E-state index is 0.0393. The second-order valence-corrected chi connectivity index (χ2v) is 6.67. The van der Waals surface area contributed by atoms with Gasteiger partial charge in [0, 0.05) is 33.4 Å². The maximum absolute atomic E-state index is 11.8. The summed E-state index contributed by atoms with van der Waals surface area (Å²) in [7, 11) is 0. The molecule has 20 heavy (non-hydrogen) atoms. The Balaban J connectivity index is 2.32. The van der Waals surface area contributed by atoms with Gasteiger partial charge in [-0.2, -0.15) is 0 Å². The average molecular weight is 311 g/mol. The number of aliphatic hydroxyl groups excluding tert-OH is 1. The summed E-state index contributed by atoms with van der Waals surface area (Å²) in [6, 6.07) is 5.62. The molecule has 1 heterocycles. The number of hydrogen-bond donors (Lipinski definition) is 1. The van der Waals surface area contributed by atoms with Crippen LogP contribution in [0.1, 0.15) is 18.6 Å². The van der Waals surface area contributed by atoms with E-state index in [-0.39, 0.29) is 11.5 Å². The van der Waals surface area contributed by atoms with Crippen LogP contribution < -0.4 is 0 Å². The molecule has 7 heteroatoms. The predicted octanol–water partition coefficient (Wildman–Crippen LogP) is 2.91. The first-order chi connectivity index (χ1) is 9.50. The summed E-state index contributed by atoms with van der Waals surface area (Å²) in [6.07, 6.45) is -1.04. The number of Topliss-reactive ketones (excluding diaryl/α,β-unsaturated/α-hetero) is 1. The topological polar surface area (TPSA) is 80.4 Å². The van der Waals surface area contributed by atoms with E-state index in [0.717, 1.165) is 15.7 Å². The van der Waals surface area contributed by atoms with E-state index in [0.29, 0.717) is 11.1 Å². The van der Waals surface area contributed by atoms with Crippen LogP contribution in [0.5, 0.6) is 0 Å². The van der Waals surface area contributed by atoms with Gasteiger partial charge in [-0.1, -0.05) is 0 Å². The maximum Gasteiger partial charge on any atom is 0.269 e. The predicted molar refractivity (Wildman–Crippen MR) is 80.7 cm³/mol. The van der Waals surface area contributed by atoms with Gasteiger partial charge >= 0.3 is 0 Å². The minimum Gasteiger partial charge on any atom is -0.383 e. The lowest BCUT2D eigenvalue weighted by atomic mass is 10.00. The number of nitrogens with zero attached hydrogens (tertiary/aromatic N) is 1. The van der Waals surface area contributed by atoms with Gasteiger partial charge in [0.15, 0.2) is 5.78 Å². The molecule has 1 aromatic carbocycles. The van der Waals surface area contributed by atoms with Crippen LogP contribution in [-0.2, 0) is 4.79 Å². The van der Waals surface area contributed by atoms with Crippen LogP contribution in [0.4, 0.5) is 5.69 Å². The molecule has 0 bridgehead atoms. The summed E-state index contributed by atoms with van der Waals surface area (Å²) < 4.78 is 0.850. The van der Waals surface area contributed by atoms with Crippen LogP contribution in [-0.4, -0.2) is 27.3 Å². The van der Waals surface area contributed by atoms with Crippen molar-refractivity contribution >= 4 is 35.0 Å². The average Bonchev–Trinajstić information content (AvgIpc) is 2.92. The summed E-state index contributed by atoms with van der Waals surface area (Å²) in [5.41, 5.74) is 0.829. The number of nitro groups is 1. The largest absolute Gasteiger partial charge is 0.383 e. The third-order valence-electron chi connectivity index (χ3n) is 2.84. The number of hydrogen-bond acceptors (Lipinski definition) is 6. The first-order valence-corrected chi connectivity index (χ1v) is 7.91. The fraction of sp³-hybridized carbons (Fsp3) is 0.308. The quantitative estimate of drug-likeness (QED) is 0.523. The SMILES string of the molecule is CC(=O)C(=C1SCCS1)C(O)c1ccc([N+](=O)[O-])cc1. The Morgan fingerprint density at radius 1 is 1.30 bits per heavy atom. The van der Waals surface area contributed by atoms with Gasteiger partial charge in [-0.15, -0.1) is 23.5 Å². The number of nitro benzene ring substituents is 1. The summed E-state index contributed by atoms with van der Waals surface area (Å²) in [5.74, 6) is 1.67. The van der Waals surface area contributed by atoms with Gasteiger partial charge in [0.05, 0.1) is 4.92 Å². The Morgan fingerprint density at radius 2 is 1.85 bits per heavy atom. The third-order valence-corrected chi connectivity index (χ3v) is 5.59. The first kappa shape index (κ1) is 15.1. The highest BCUT2D eigenvalue weighted by Crippen LogP contribution is 2.42. The molecule has 1 unspecified atom stereocenters. The molecule has 106 valence electrons. The third kappa shape index (κ3) is 3.23. The molecule has 1 aliphatic rings. The van der Waals surface area contributed by atoms with Gasteiger partial charge in [0.25, 0.3) is 5.69 Å². The molecular weight excluding hydrogens is 298 g/mol. The second-order valence-electron chi connectivity index (χ2n) is 4.21. The van der Waals surface area contributed by atoms with E-state index >= 15 is 0 Å². The molecule has 0 aliphatic carbocycles. The number of ketones is 1. The smallest absolute Gasteiger partial charge is 0.269 e. The van der Waals surface area contributed by atoms with E-state index in [1.807, 2.05) is 0 Å². The lowest BCUT2D eigenvalue weighted by Gasteiger charge is -2.15. The Bertz CT molecular complexity index is 560. The van der Waals surface area contributed by atoms with Crippen LogP contribution in [0.3, 0.4) is 0 Å². The van der Waals surface area contributed by atoms with E-state index in [2.05, 4.69) is 0 Å². The highest BCUT2D eigenvalue weighted by atomic mass is 32.2. The van der Waals surface area contributed by atoms with Crippen molar-refractivity contribution in [3.05, 3.63) is 49.8 Å². The van der Waals surface area contributed by atoms with E-state index in [4.69, 9.17) is 0 Å². The fourth-order valence-corrected chi connectivity index (χ4v) is 4.55. The molecule has 1 atom stereocenters. The van der Waals surface area contributed by atoms with Crippen LogP contribution in [0.25, 0.3) is 0 Å². The zero-order valence-corrected chi connectivity index (χ0v) is 12.4. The molecule has 0 aromatic heterocycles. The molecule has 1 aromatic rings. The van der Waals surface area contributed by atoms with Crippen LogP contribution in [0, 0.1) is 10.1 Å². The van der Waals surface area contributed by atoms with E-state index in [9.17, 15) is 20.0 Å². The van der Waals surface area contributed by atoms with Crippen molar-refractivity contribution in [3.63, 3.8) is 0 Å². The summed E-state index contributed by atoms with van der Waals surface area (Å²) >= 11 is 3.13. The Kier molecular flexibility index (Phi) is 4.85. The fourth-order valence-electron chi connectivity index (χ4n) is 1.86. The number of carbonyl (C=O) groups excluding carboxylic acids is 1. The van der Waals surface area contributed by atoms with E-state index < -0.39 is 11.0 Å². The van der Waals surface area contributed by atoms with Crippen LogP contribution >= 0.6 is 23.5 Å².